The molecule has 0 radical (unpaired) electrons. The average Bonchev–Trinajstić information content (AvgIpc) is 3.27. The van der Waals surface area contributed by atoms with Gasteiger partial charge in [-0.15, -0.1) is 10.2 Å². The van der Waals surface area contributed by atoms with Crippen LogP contribution >= 0.6 is 0 Å². The standard InChI is InChI=1S/C20H23FN6O/c1-12-16(19(25-23-12)14-6-8-15(21)9-7-14)11-18(28)22-13(2)20-26-24-17-5-3-4-10-27(17)20/h3-10,12-13,16,19,23,25H,11H2,1-2H3,(H,22,28). The van der Waals surface area contributed by atoms with Gasteiger partial charge in [-0.05, 0) is 43.7 Å². The van der Waals surface area contributed by atoms with Gasteiger partial charge >= 0.3 is 0 Å². The molecule has 1 aromatic carbocycles. The molecule has 1 aliphatic rings. The number of hydrazine groups is 1. The summed E-state index contributed by atoms with van der Waals surface area (Å²) in [6, 6.07) is 11.8. The summed E-state index contributed by atoms with van der Waals surface area (Å²) in [5.41, 5.74) is 8.11. The van der Waals surface area contributed by atoms with Gasteiger partial charge in [-0.25, -0.2) is 9.82 Å². The third-order valence-corrected chi connectivity index (χ3v) is 5.29. The number of aromatic nitrogens is 3. The molecule has 4 atom stereocenters. The predicted octanol–water partition coefficient (Wildman–Crippen LogP) is 2.29. The number of amides is 1. The zero-order chi connectivity index (χ0) is 19.7. The van der Waals surface area contributed by atoms with Crippen LogP contribution in [0, 0.1) is 11.7 Å². The van der Waals surface area contributed by atoms with Crippen LogP contribution in [-0.2, 0) is 4.79 Å². The van der Waals surface area contributed by atoms with E-state index in [1.54, 1.807) is 12.1 Å². The molecular formula is C20H23FN6O. The molecule has 2 aromatic heterocycles. The van der Waals surface area contributed by atoms with E-state index in [2.05, 4.69) is 26.4 Å². The molecule has 0 saturated carbocycles. The Balaban J connectivity index is 1.45. The summed E-state index contributed by atoms with van der Waals surface area (Å²) in [6.07, 6.45) is 2.22. The molecule has 146 valence electrons. The highest BCUT2D eigenvalue weighted by Crippen LogP contribution is 2.31. The highest BCUT2D eigenvalue weighted by molar-refractivity contribution is 5.76. The van der Waals surface area contributed by atoms with Gasteiger partial charge in [0.15, 0.2) is 11.5 Å². The van der Waals surface area contributed by atoms with Gasteiger partial charge in [0.1, 0.15) is 5.82 Å². The Bertz CT molecular complexity index is 972. The first-order chi connectivity index (χ1) is 13.5. The lowest BCUT2D eigenvalue weighted by molar-refractivity contribution is -0.122. The number of carbonyl (C=O) groups is 1. The zero-order valence-electron chi connectivity index (χ0n) is 15.8. The van der Waals surface area contributed by atoms with Gasteiger partial charge in [0, 0.05) is 24.6 Å². The maximum absolute atomic E-state index is 13.2. The molecular weight excluding hydrogens is 359 g/mol. The SMILES string of the molecule is CC(NC(=O)CC1C(C)NNC1c1ccc(F)cc1)c1nnc2ccccn12. The highest BCUT2D eigenvalue weighted by atomic mass is 19.1. The average molecular weight is 382 g/mol. The number of nitrogens with zero attached hydrogens (tertiary/aromatic N) is 3. The van der Waals surface area contributed by atoms with Crippen molar-refractivity contribution < 1.29 is 9.18 Å². The van der Waals surface area contributed by atoms with Crippen LogP contribution in [0.25, 0.3) is 5.65 Å². The second kappa shape index (κ2) is 7.65. The van der Waals surface area contributed by atoms with Crippen molar-refractivity contribution in [1.29, 1.82) is 0 Å². The third-order valence-electron chi connectivity index (χ3n) is 5.29. The number of rotatable bonds is 5. The van der Waals surface area contributed by atoms with Crippen molar-refractivity contribution in [1.82, 2.24) is 30.8 Å². The van der Waals surface area contributed by atoms with E-state index in [0.717, 1.165) is 11.2 Å². The molecule has 1 saturated heterocycles. The summed E-state index contributed by atoms with van der Waals surface area (Å²) >= 11 is 0. The number of fused-ring (bicyclic) bond motifs is 1. The molecule has 3 N–H and O–H groups in total. The molecule has 1 amide bonds. The number of nitrogens with one attached hydrogen (secondary N) is 3. The largest absolute Gasteiger partial charge is 0.346 e. The van der Waals surface area contributed by atoms with Crippen LogP contribution in [-0.4, -0.2) is 26.5 Å². The van der Waals surface area contributed by atoms with Crippen molar-refractivity contribution in [2.24, 2.45) is 5.92 Å². The number of carbonyl (C=O) groups excluding carboxylic acids is 1. The van der Waals surface area contributed by atoms with Crippen LogP contribution in [0.3, 0.4) is 0 Å². The minimum Gasteiger partial charge on any atom is -0.346 e. The normalized spacial score (nSPS) is 23.0. The summed E-state index contributed by atoms with van der Waals surface area (Å²) in [5, 5.41) is 11.4. The van der Waals surface area contributed by atoms with E-state index in [1.807, 2.05) is 42.6 Å². The lowest BCUT2D eigenvalue weighted by Gasteiger charge is -2.22. The van der Waals surface area contributed by atoms with E-state index in [-0.39, 0.29) is 35.8 Å². The fourth-order valence-electron chi connectivity index (χ4n) is 3.75. The van der Waals surface area contributed by atoms with Crippen molar-refractivity contribution in [3.05, 3.63) is 65.9 Å². The second-order valence-corrected chi connectivity index (χ2v) is 7.25. The third kappa shape index (κ3) is 3.61. The van der Waals surface area contributed by atoms with Crippen LogP contribution < -0.4 is 16.2 Å². The van der Waals surface area contributed by atoms with Crippen LogP contribution in [0.15, 0.2) is 48.7 Å². The quantitative estimate of drug-likeness (QED) is 0.631. The van der Waals surface area contributed by atoms with Crippen LogP contribution in [0.4, 0.5) is 4.39 Å². The first kappa shape index (κ1) is 18.5. The number of pyridine rings is 1. The van der Waals surface area contributed by atoms with Crippen LogP contribution in [0.5, 0.6) is 0 Å². The summed E-state index contributed by atoms with van der Waals surface area (Å²) in [6.45, 7) is 3.93. The lowest BCUT2D eigenvalue weighted by Crippen LogP contribution is -2.33. The Morgan fingerprint density at radius 2 is 2.00 bits per heavy atom. The van der Waals surface area contributed by atoms with E-state index in [0.29, 0.717) is 12.2 Å². The van der Waals surface area contributed by atoms with Crippen LogP contribution in [0.2, 0.25) is 0 Å². The molecule has 1 aliphatic heterocycles. The Kier molecular flexibility index (Phi) is 5.06. The first-order valence-electron chi connectivity index (χ1n) is 9.38. The molecule has 4 rings (SSSR count). The summed E-state index contributed by atoms with van der Waals surface area (Å²) in [7, 11) is 0. The van der Waals surface area contributed by atoms with Gasteiger partial charge in [-0.2, -0.15) is 0 Å². The van der Waals surface area contributed by atoms with E-state index in [9.17, 15) is 9.18 Å². The summed E-state index contributed by atoms with van der Waals surface area (Å²) in [4.78, 5) is 12.7. The van der Waals surface area contributed by atoms with Gasteiger partial charge in [0.2, 0.25) is 5.91 Å². The lowest BCUT2D eigenvalue weighted by atomic mass is 9.87. The number of hydrogen-bond acceptors (Lipinski definition) is 5. The molecule has 1 fully saturated rings. The molecule has 8 heteroatoms. The van der Waals surface area contributed by atoms with Gasteiger partial charge in [0.25, 0.3) is 0 Å². The topological polar surface area (TPSA) is 83.4 Å². The van der Waals surface area contributed by atoms with E-state index >= 15 is 0 Å². The van der Waals surface area contributed by atoms with Crippen molar-refractivity contribution in [3.63, 3.8) is 0 Å². The predicted molar refractivity (Wildman–Crippen MR) is 103 cm³/mol. The van der Waals surface area contributed by atoms with Crippen molar-refractivity contribution >= 4 is 11.6 Å². The molecule has 3 aromatic rings. The van der Waals surface area contributed by atoms with Gasteiger partial charge in [-0.1, -0.05) is 18.2 Å². The van der Waals surface area contributed by atoms with Gasteiger partial charge < -0.3 is 5.32 Å². The number of benzene rings is 1. The Hall–Kier alpha value is -2.84. The van der Waals surface area contributed by atoms with E-state index in [1.165, 1.54) is 12.1 Å². The second-order valence-electron chi connectivity index (χ2n) is 7.25. The summed E-state index contributed by atoms with van der Waals surface area (Å²) < 4.78 is 15.1. The number of hydrogen-bond donors (Lipinski definition) is 3. The van der Waals surface area contributed by atoms with Crippen molar-refractivity contribution in [2.45, 2.75) is 38.4 Å². The van der Waals surface area contributed by atoms with Crippen molar-refractivity contribution in [3.8, 4) is 0 Å². The molecule has 28 heavy (non-hydrogen) atoms. The van der Waals surface area contributed by atoms with Crippen LogP contribution in [0.1, 0.15) is 43.7 Å². The molecule has 3 heterocycles. The van der Waals surface area contributed by atoms with E-state index < -0.39 is 0 Å². The fraction of sp³-hybridized carbons (Fsp3) is 0.350. The zero-order valence-corrected chi connectivity index (χ0v) is 15.8. The first-order valence-corrected chi connectivity index (χ1v) is 9.38. The number of halogens is 1. The molecule has 4 unspecified atom stereocenters. The van der Waals surface area contributed by atoms with E-state index in [4.69, 9.17) is 0 Å². The van der Waals surface area contributed by atoms with Gasteiger partial charge in [0.05, 0.1) is 12.1 Å². The molecule has 0 bridgehead atoms. The fourth-order valence-corrected chi connectivity index (χ4v) is 3.75. The maximum atomic E-state index is 13.2. The minimum absolute atomic E-state index is 0.0350. The highest BCUT2D eigenvalue weighted by Gasteiger charge is 2.35. The Morgan fingerprint density at radius 1 is 1.21 bits per heavy atom. The molecule has 0 spiro atoms. The molecule has 0 aliphatic carbocycles. The van der Waals surface area contributed by atoms with Crippen molar-refractivity contribution in [2.75, 3.05) is 0 Å². The molecule has 7 nitrogen and oxygen atoms in total. The smallest absolute Gasteiger partial charge is 0.220 e. The maximum Gasteiger partial charge on any atom is 0.220 e. The monoisotopic (exact) mass is 382 g/mol. The summed E-state index contributed by atoms with van der Waals surface area (Å²) in [5.74, 6) is 0.392. The Morgan fingerprint density at radius 3 is 2.79 bits per heavy atom. The van der Waals surface area contributed by atoms with Gasteiger partial charge in [-0.3, -0.25) is 14.6 Å². The Labute approximate surface area is 162 Å². The minimum atomic E-state index is -0.272.